The highest BCUT2D eigenvalue weighted by Gasteiger charge is 2.28. The van der Waals surface area contributed by atoms with Gasteiger partial charge in [0.25, 0.3) is 0 Å². The standard InChI is InChI=1S/C23H23N5O3S/c1-4-17(21(29)24-18(22(30)31-3)14-10-6-5-7-11-14)32-23-25-20-19(26-27-23)15-12-8-9-13-16(15)28(20)2/h5-13,17-18H,4H2,1-3H3,(H,24,29)/t17-,18+/m1/s1. The minimum atomic E-state index is -0.886. The highest BCUT2D eigenvalue weighted by molar-refractivity contribution is 8.00. The fourth-order valence-electron chi connectivity index (χ4n) is 3.57. The first kappa shape index (κ1) is 21.8. The average molecular weight is 450 g/mol. The molecule has 1 amide bonds. The number of hydrogen-bond acceptors (Lipinski definition) is 7. The summed E-state index contributed by atoms with van der Waals surface area (Å²) in [7, 11) is 3.23. The van der Waals surface area contributed by atoms with Crippen molar-refractivity contribution in [2.75, 3.05) is 7.11 Å². The summed E-state index contributed by atoms with van der Waals surface area (Å²) in [5.41, 5.74) is 3.10. The number of esters is 1. The lowest BCUT2D eigenvalue weighted by molar-refractivity contribution is -0.145. The van der Waals surface area contributed by atoms with Gasteiger partial charge in [0.2, 0.25) is 11.1 Å². The van der Waals surface area contributed by atoms with Gasteiger partial charge in [0.1, 0.15) is 5.52 Å². The van der Waals surface area contributed by atoms with Crippen LogP contribution in [0.4, 0.5) is 0 Å². The lowest BCUT2D eigenvalue weighted by Gasteiger charge is -2.20. The topological polar surface area (TPSA) is 99.0 Å². The van der Waals surface area contributed by atoms with E-state index in [2.05, 4.69) is 20.5 Å². The van der Waals surface area contributed by atoms with Gasteiger partial charge in [0.05, 0.1) is 17.9 Å². The third kappa shape index (κ3) is 4.16. The number of carbonyl (C=O) groups is 2. The van der Waals surface area contributed by atoms with Crippen LogP contribution in [0.15, 0.2) is 59.8 Å². The molecule has 9 heteroatoms. The number of rotatable bonds is 7. The molecule has 1 N–H and O–H groups in total. The minimum Gasteiger partial charge on any atom is -0.467 e. The number of aromatic nitrogens is 4. The van der Waals surface area contributed by atoms with Crippen LogP contribution in [0.1, 0.15) is 24.9 Å². The Morgan fingerprint density at radius 2 is 1.81 bits per heavy atom. The number of para-hydroxylation sites is 1. The maximum absolute atomic E-state index is 13.0. The van der Waals surface area contributed by atoms with Crippen molar-refractivity contribution in [1.29, 1.82) is 0 Å². The Hall–Kier alpha value is -3.46. The zero-order valence-electron chi connectivity index (χ0n) is 18.0. The Balaban J connectivity index is 1.57. The van der Waals surface area contributed by atoms with E-state index in [0.29, 0.717) is 22.8 Å². The van der Waals surface area contributed by atoms with Crippen molar-refractivity contribution in [3.8, 4) is 0 Å². The second-order valence-electron chi connectivity index (χ2n) is 7.23. The van der Waals surface area contributed by atoms with Gasteiger partial charge in [0.15, 0.2) is 11.7 Å². The first-order valence-electron chi connectivity index (χ1n) is 10.2. The molecule has 0 aliphatic rings. The average Bonchev–Trinajstić information content (AvgIpc) is 3.12. The van der Waals surface area contributed by atoms with Crippen LogP contribution in [0.5, 0.6) is 0 Å². The molecule has 0 radical (unpaired) electrons. The van der Waals surface area contributed by atoms with Crippen molar-refractivity contribution in [3.05, 3.63) is 60.2 Å². The van der Waals surface area contributed by atoms with Gasteiger partial charge in [-0.05, 0) is 18.1 Å². The molecule has 2 heterocycles. The molecule has 2 aromatic carbocycles. The van der Waals surface area contributed by atoms with Crippen molar-refractivity contribution < 1.29 is 14.3 Å². The highest BCUT2D eigenvalue weighted by atomic mass is 32.2. The Morgan fingerprint density at radius 3 is 2.53 bits per heavy atom. The molecule has 4 aromatic rings. The molecule has 0 spiro atoms. The number of methoxy groups -OCH3 is 1. The minimum absolute atomic E-state index is 0.294. The van der Waals surface area contributed by atoms with Crippen LogP contribution in [0.25, 0.3) is 22.1 Å². The van der Waals surface area contributed by atoms with Crippen LogP contribution in [-0.2, 0) is 21.4 Å². The van der Waals surface area contributed by atoms with E-state index in [4.69, 9.17) is 4.74 Å². The van der Waals surface area contributed by atoms with Gasteiger partial charge in [-0.1, -0.05) is 67.2 Å². The molecule has 2 aromatic heterocycles. The Bertz CT molecular complexity index is 1270. The molecule has 0 saturated heterocycles. The number of amides is 1. The number of carbonyl (C=O) groups excluding carboxylic acids is 2. The zero-order valence-corrected chi connectivity index (χ0v) is 18.8. The van der Waals surface area contributed by atoms with Crippen molar-refractivity contribution in [2.24, 2.45) is 7.05 Å². The molecule has 164 valence electrons. The predicted octanol–water partition coefficient (Wildman–Crippen LogP) is 3.42. The molecule has 0 saturated carbocycles. The molecular weight excluding hydrogens is 426 g/mol. The van der Waals surface area contributed by atoms with E-state index >= 15 is 0 Å². The van der Waals surface area contributed by atoms with E-state index in [1.807, 2.05) is 61.0 Å². The SMILES string of the molecule is CC[C@@H](Sc1nnc2c3ccccc3n(C)c2n1)C(=O)N[C@H](C(=O)OC)c1ccccc1. The number of benzene rings is 2. The van der Waals surface area contributed by atoms with Crippen molar-refractivity contribution >= 4 is 45.7 Å². The van der Waals surface area contributed by atoms with Crippen LogP contribution in [0, 0.1) is 0 Å². The van der Waals surface area contributed by atoms with Crippen LogP contribution < -0.4 is 5.32 Å². The summed E-state index contributed by atoms with van der Waals surface area (Å²) < 4.78 is 6.86. The zero-order chi connectivity index (χ0) is 22.7. The number of aryl methyl sites for hydroxylation is 1. The summed E-state index contributed by atoms with van der Waals surface area (Å²) in [6.07, 6.45) is 0.524. The molecule has 0 fully saturated rings. The molecule has 8 nitrogen and oxygen atoms in total. The van der Waals surface area contributed by atoms with Crippen molar-refractivity contribution in [3.63, 3.8) is 0 Å². The molecule has 32 heavy (non-hydrogen) atoms. The van der Waals surface area contributed by atoms with Gasteiger partial charge in [-0.25, -0.2) is 9.78 Å². The monoisotopic (exact) mass is 449 g/mol. The molecule has 0 aliphatic heterocycles. The van der Waals surface area contributed by atoms with Gasteiger partial charge >= 0.3 is 5.97 Å². The summed E-state index contributed by atoms with van der Waals surface area (Å²) in [6, 6.07) is 16.0. The number of nitrogens with zero attached hydrogens (tertiary/aromatic N) is 4. The number of nitrogens with one attached hydrogen (secondary N) is 1. The summed E-state index contributed by atoms with van der Waals surface area (Å²) >= 11 is 1.22. The molecule has 0 unspecified atom stereocenters. The quantitative estimate of drug-likeness (QED) is 0.341. The maximum Gasteiger partial charge on any atom is 0.333 e. The summed E-state index contributed by atoms with van der Waals surface area (Å²) in [5, 5.41) is 12.3. The third-order valence-electron chi connectivity index (χ3n) is 5.25. The fourth-order valence-corrected chi connectivity index (χ4v) is 4.39. The highest BCUT2D eigenvalue weighted by Crippen LogP contribution is 2.28. The molecule has 2 atom stereocenters. The lowest BCUT2D eigenvalue weighted by Crippen LogP contribution is -2.39. The van der Waals surface area contributed by atoms with E-state index in [9.17, 15) is 9.59 Å². The Morgan fingerprint density at radius 1 is 1.09 bits per heavy atom. The summed E-state index contributed by atoms with van der Waals surface area (Å²) in [4.78, 5) is 30.0. The van der Waals surface area contributed by atoms with Crippen molar-refractivity contribution in [1.82, 2.24) is 25.1 Å². The second kappa shape index (κ2) is 9.35. The lowest BCUT2D eigenvalue weighted by atomic mass is 10.1. The first-order valence-corrected chi connectivity index (χ1v) is 11.1. The first-order chi connectivity index (χ1) is 15.5. The van der Waals surface area contributed by atoms with E-state index in [0.717, 1.165) is 16.4 Å². The Kier molecular flexibility index (Phi) is 6.36. The number of hydrogen-bond donors (Lipinski definition) is 1. The smallest absolute Gasteiger partial charge is 0.333 e. The number of thioether (sulfide) groups is 1. The number of ether oxygens (including phenoxy) is 1. The van der Waals surface area contributed by atoms with Gasteiger partial charge in [0, 0.05) is 12.4 Å². The molecule has 0 bridgehead atoms. The van der Waals surface area contributed by atoms with Crippen LogP contribution in [0.3, 0.4) is 0 Å². The summed E-state index contributed by atoms with van der Waals surface area (Å²) in [5.74, 6) is -0.822. The van der Waals surface area contributed by atoms with Gasteiger partial charge in [-0.2, -0.15) is 0 Å². The van der Waals surface area contributed by atoms with E-state index in [1.165, 1.54) is 18.9 Å². The Labute approximate surface area is 189 Å². The van der Waals surface area contributed by atoms with Gasteiger partial charge < -0.3 is 14.6 Å². The van der Waals surface area contributed by atoms with Gasteiger partial charge in [-0.15, -0.1) is 10.2 Å². The normalized spacial score (nSPS) is 13.1. The van der Waals surface area contributed by atoms with Crippen LogP contribution in [0.2, 0.25) is 0 Å². The van der Waals surface area contributed by atoms with E-state index in [-0.39, 0.29) is 5.91 Å². The molecular formula is C23H23N5O3S. The van der Waals surface area contributed by atoms with Crippen LogP contribution >= 0.6 is 11.8 Å². The predicted molar refractivity (Wildman–Crippen MR) is 123 cm³/mol. The number of fused-ring (bicyclic) bond motifs is 3. The van der Waals surface area contributed by atoms with Crippen molar-refractivity contribution in [2.45, 2.75) is 29.8 Å². The maximum atomic E-state index is 13.0. The van der Waals surface area contributed by atoms with E-state index < -0.39 is 17.3 Å². The van der Waals surface area contributed by atoms with E-state index in [1.54, 1.807) is 12.1 Å². The second-order valence-corrected chi connectivity index (χ2v) is 8.40. The largest absolute Gasteiger partial charge is 0.467 e. The third-order valence-corrected chi connectivity index (χ3v) is 6.47. The molecule has 0 aliphatic carbocycles. The summed E-state index contributed by atoms with van der Waals surface area (Å²) in [6.45, 7) is 1.90. The fraction of sp³-hybridized carbons (Fsp3) is 0.261. The van der Waals surface area contributed by atoms with Crippen LogP contribution in [-0.4, -0.2) is 44.0 Å². The molecule has 4 rings (SSSR count). The van der Waals surface area contributed by atoms with Gasteiger partial charge in [-0.3, -0.25) is 4.79 Å².